The topological polar surface area (TPSA) is 84.9 Å². The third kappa shape index (κ3) is 3.57. The maximum absolute atomic E-state index is 12.6. The van der Waals surface area contributed by atoms with Crippen molar-refractivity contribution in [1.29, 1.82) is 0 Å². The molecule has 2 heterocycles. The summed E-state index contributed by atoms with van der Waals surface area (Å²) >= 11 is 0. The standard InChI is InChI=1S/C20H22N2O5S/c1-13-3-5-17(7-14(13)2)28(24,25)21-10-15-8-20(23)22(11-15)16-4-6-18-19(9-16)27-12-26-18/h3-7,9,15,21H,8,10-12H2,1-2H3. The highest BCUT2D eigenvalue weighted by atomic mass is 32.2. The van der Waals surface area contributed by atoms with E-state index < -0.39 is 10.0 Å². The summed E-state index contributed by atoms with van der Waals surface area (Å²) in [4.78, 5) is 14.3. The van der Waals surface area contributed by atoms with E-state index in [1.807, 2.05) is 19.9 Å². The van der Waals surface area contributed by atoms with Crippen molar-refractivity contribution < 1.29 is 22.7 Å². The van der Waals surface area contributed by atoms with E-state index in [4.69, 9.17) is 9.47 Å². The molecule has 4 rings (SSSR count). The lowest BCUT2D eigenvalue weighted by molar-refractivity contribution is -0.117. The Morgan fingerprint density at radius 1 is 1.07 bits per heavy atom. The van der Waals surface area contributed by atoms with Gasteiger partial charge < -0.3 is 14.4 Å². The number of rotatable bonds is 5. The van der Waals surface area contributed by atoms with Crippen molar-refractivity contribution in [2.24, 2.45) is 5.92 Å². The minimum absolute atomic E-state index is 0.0331. The molecule has 0 bridgehead atoms. The highest BCUT2D eigenvalue weighted by Crippen LogP contribution is 2.37. The normalized spacial score (nSPS) is 18.7. The Hall–Kier alpha value is -2.58. The summed E-state index contributed by atoms with van der Waals surface area (Å²) in [5.74, 6) is 1.14. The van der Waals surface area contributed by atoms with Gasteiger partial charge in [-0.3, -0.25) is 4.79 Å². The van der Waals surface area contributed by atoms with Crippen LogP contribution in [0.3, 0.4) is 0 Å². The molecule has 8 heteroatoms. The van der Waals surface area contributed by atoms with E-state index in [0.717, 1.165) is 16.8 Å². The Bertz CT molecular complexity index is 1030. The average molecular weight is 402 g/mol. The monoisotopic (exact) mass is 402 g/mol. The third-order valence-corrected chi connectivity index (χ3v) is 6.64. The molecular weight excluding hydrogens is 380 g/mol. The van der Waals surface area contributed by atoms with Gasteiger partial charge in [0.05, 0.1) is 4.90 Å². The van der Waals surface area contributed by atoms with Gasteiger partial charge in [-0.25, -0.2) is 13.1 Å². The van der Waals surface area contributed by atoms with E-state index in [9.17, 15) is 13.2 Å². The molecule has 2 aliphatic rings. The van der Waals surface area contributed by atoms with Gasteiger partial charge in [-0.15, -0.1) is 0 Å². The zero-order chi connectivity index (χ0) is 19.9. The fraction of sp³-hybridized carbons (Fsp3) is 0.350. The Labute approximate surface area is 164 Å². The summed E-state index contributed by atoms with van der Waals surface area (Å²) in [5.41, 5.74) is 2.70. The maximum atomic E-state index is 12.6. The first-order valence-electron chi connectivity index (χ1n) is 9.10. The lowest BCUT2D eigenvalue weighted by Crippen LogP contribution is -2.31. The molecule has 1 fully saturated rings. The van der Waals surface area contributed by atoms with Crippen molar-refractivity contribution in [1.82, 2.24) is 4.72 Å². The van der Waals surface area contributed by atoms with Gasteiger partial charge in [-0.05, 0) is 55.2 Å². The molecule has 0 saturated carbocycles. The molecule has 2 aliphatic heterocycles. The highest BCUT2D eigenvalue weighted by Gasteiger charge is 2.32. The van der Waals surface area contributed by atoms with Gasteiger partial charge in [0.15, 0.2) is 11.5 Å². The molecule has 0 aromatic heterocycles. The van der Waals surface area contributed by atoms with Crippen LogP contribution in [0, 0.1) is 19.8 Å². The van der Waals surface area contributed by atoms with Gasteiger partial charge in [0.25, 0.3) is 0 Å². The molecule has 7 nitrogen and oxygen atoms in total. The van der Waals surface area contributed by atoms with Crippen molar-refractivity contribution in [2.45, 2.75) is 25.2 Å². The molecule has 0 aliphatic carbocycles. The predicted octanol–water partition coefficient (Wildman–Crippen LogP) is 2.36. The van der Waals surface area contributed by atoms with Crippen molar-refractivity contribution in [3.63, 3.8) is 0 Å². The summed E-state index contributed by atoms with van der Waals surface area (Å²) in [5, 5.41) is 0. The van der Waals surface area contributed by atoms with E-state index in [1.165, 1.54) is 0 Å². The van der Waals surface area contributed by atoms with Crippen LogP contribution >= 0.6 is 0 Å². The Morgan fingerprint density at radius 2 is 1.86 bits per heavy atom. The summed E-state index contributed by atoms with van der Waals surface area (Å²) in [6, 6.07) is 10.4. The number of hydrogen-bond donors (Lipinski definition) is 1. The SMILES string of the molecule is Cc1ccc(S(=O)(=O)NCC2CC(=O)N(c3ccc4c(c3)OCO4)C2)cc1C. The van der Waals surface area contributed by atoms with Gasteiger partial charge >= 0.3 is 0 Å². The van der Waals surface area contributed by atoms with Gasteiger partial charge in [0, 0.05) is 31.3 Å². The lowest BCUT2D eigenvalue weighted by atomic mass is 10.1. The molecule has 1 atom stereocenters. The number of ether oxygens (including phenoxy) is 2. The van der Waals surface area contributed by atoms with Crippen molar-refractivity contribution in [3.05, 3.63) is 47.5 Å². The lowest BCUT2D eigenvalue weighted by Gasteiger charge is -2.17. The van der Waals surface area contributed by atoms with Gasteiger partial charge in [-0.1, -0.05) is 6.07 Å². The van der Waals surface area contributed by atoms with Crippen molar-refractivity contribution in [3.8, 4) is 11.5 Å². The summed E-state index contributed by atoms with van der Waals surface area (Å²) < 4.78 is 38.5. The molecular formula is C20H22N2O5S. The molecule has 2 aromatic carbocycles. The first kappa shape index (κ1) is 18.8. The van der Waals surface area contributed by atoms with Crippen LogP contribution in [0.15, 0.2) is 41.3 Å². The molecule has 1 saturated heterocycles. The van der Waals surface area contributed by atoms with Crippen LogP contribution in [-0.2, 0) is 14.8 Å². The number of benzene rings is 2. The van der Waals surface area contributed by atoms with E-state index in [1.54, 1.807) is 35.2 Å². The molecule has 1 amide bonds. The van der Waals surface area contributed by atoms with Crippen LogP contribution in [0.2, 0.25) is 0 Å². The summed E-state index contributed by atoms with van der Waals surface area (Å²) in [6.45, 7) is 4.66. The van der Waals surface area contributed by atoms with Crippen LogP contribution in [0.25, 0.3) is 0 Å². The molecule has 0 spiro atoms. The van der Waals surface area contributed by atoms with Crippen LogP contribution in [0.1, 0.15) is 17.5 Å². The number of amides is 1. The van der Waals surface area contributed by atoms with E-state index in [-0.39, 0.29) is 30.1 Å². The summed E-state index contributed by atoms with van der Waals surface area (Å²) in [6.07, 6.45) is 0.296. The number of sulfonamides is 1. The molecule has 1 N–H and O–H groups in total. The van der Waals surface area contributed by atoms with E-state index >= 15 is 0 Å². The molecule has 2 aromatic rings. The van der Waals surface area contributed by atoms with E-state index in [2.05, 4.69) is 4.72 Å². The molecule has 1 unspecified atom stereocenters. The average Bonchev–Trinajstić information content (AvgIpc) is 3.27. The summed E-state index contributed by atoms with van der Waals surface area (Å²) in [7, 11) is -3.61. The fourth-order valence-corrected chi connectivity index (χ4v) is 4.61. The number of carbonyl (C=O) groups is 1. The van der Waals surface area contributed by atoms with Crippen LogP contribution < -0.4 is 19.1 Å². The number of fused-ring (bicyclic) bond motifs is 1. The third-order valence-electron chi connectivity index (χ3n) is 5.22. The first-order chi connectivity index (χ1) is 13.3. The number of hydrogen-bond acceptors (Lipinski definition) is 5. The minimum Gasteiger partial charge on any atom is -0.454 e. The van der Waals surface area contributed by atoms with Gasteiger partial charge in [-0.2, -0.15) is 0 Å². The largest absolute Gasteiger partial charge is 0.454 e. The minimum atomic E-state index is -3.61. The van der Waals surface area contributed by atoms with Crippen LogP contribution in [0.4, 0.5) is 5.69 Å². The van der Waals surface area contributed by atoms with Crippen LogP contribution in [0.5, 0.6) is 11.5 Å². The van der Waals surface area contributed by atoms with Crippen molar-refractivity contribution >= 4 is 21.6 Å². The second-order valence-corrected chi connectivity index (χ2v) is 8.98. The number of nitrogens with one attached hydrogen (secondary N) is 1. The zero-order valence-corrected chi connectivity index (χ0v) is 16.6. The number of anilines is 1. The van der Waals surface area contributed by atoms with Gasteiger partial charge in [0.2, 0.25) is 22.7 Å². The zero-order valence-electron chi connectivity index (χ0n) is 15.8. The Kier molecular flexibility index (Phi) is 4.76. The number of carbonyl (C=O) groups excluding carboxylic acids is 1. The van der Waals surface area contributed by atoms with E-state index in [0.29, 0.717) is 24.5 Å². The predicted molar refractivity (Wildman–Crippen MR) is 104 cm³/mol. The van der Waals surface area contributed by atoms with Gasteiger partial charge in [0.1, 0.15) is 0 Å². The van der Waals surface area contributed by atoms with Crippen LogP contribution in [-0.4, -0.2) is 34.2 Å². The Morgan fingerprint density at radius 3 is 2.64 bits per heavy atom. The second-order valence-electron chi connectivity index (χ2n) is 7.21. The fourth-order valence-electron chi connectivity index (χ4n) is 3.41. The van der Waals surface area contributed by atoms with Crippen molar-refractivity contribution in [2.75, 3.05) is 24.8 Å². The maximum Gasteiger partial charge on any atom is 0.240 e. The Balaban J connectivity index is 1.42. The molecule has 28 heavy (non-hydrogen) atoms. The number of aryl methyl sites for hydroxylation is 2. The molecule has 148 valence electrons. The quantitative estimate of drug-likeness (QED) is 0.830. The highest BCUT2D eigenvalue weighted by molar-refractivity contribution is 7.89. The molecule has 0 radical (unpaired) electrons. The number of nitrogens with zero attached hydrogens (tertiary/aromatic N) is 1. The first-order valence-corrected chi connectivity index (χ1v) is 10.6. The second kappa shape index (κ2) is 7.10. The smallest absolute Gasteiger partial charge is 0.240 e.